The van der Waals surface area contributed by atoms with Gasteiger partial charge in [0.15, 0.2) is 0 Å². The lowest BCUT2D eigenvalue weighted by Gasteiger charge is -2.28. The molecule has 0 bridgehead atoms. The molecule has 0 unspecified atom stereocenters. The van der Waals surface area contributed by atoms with Gasteiger partial charge in [-0.2, -0.15) is 5.26 Å². The number of nitrogens with zero attached hydrogens (tertiary/aromatic N) is 4. The summed E-state index contributed by atoms with van der Waals surface area (Å²) >= 11 is 0. The fraction of sp³-hybridized carbons (Fsp3) is 0.786. The smallest absolute Gasteiger partial charge is 0.100 e. The van der Waals surface area contributed by atoms with Gasteiger partial charge in [0.25, 0.3) is 0 Å². The van der Waals surface area contributed by atoms with Gasteiger partial charge in [-0.1, -0.05) is 30.9 Å². The molecule has 0 radical (unpaired) electrons. The number of rotatable bonds is 5. The van der Waals surface area contributed by atoms with Crippen molar-refractivity contribution < 1.29 is 0 Å². The number of nitriles is 1. The van der Waals surface area contributed by atoms with Gasteiger partial charge in [-0.05, 0) is 25.2 Å². The van der Waals surface area contributed by atoms with E-state index < -0.39 is 0 Å². The Labute approximate surface area is 108 Å². The molecule has 0 spiro atoms. The Kier molecular flexibility index (Phi) is 3.31. The Morgan fingerprint density at radius 3 is 2.56 bits per heavy atom. The van der Waals surface area contributed by atoms with E-state index in [1.54, 1.807) is 0 Å². The van der Waals surface area contributed by atoms with Gasteiger partial charge in [-0.3, -0.25) is 0 Å². The van der Waals surface area contributed by atoms with Crippen LogP contribution < -0.4 is 0 Å². The highest BCUT2D eigenvalue weighted by molar-refractivity contribution is 5.20. The molecule has 4 nitrogen and oxygen atoms in total. The summed E-state index contributed by atoms with van der Waals surface area (Å²) in [7, 11) is 0. The van der Waals surface area contributed by atoms with E-state index in [-0.39, 0.29) is 0 Å². The van der Waals surface area contributed by atoms with Crippen LogP contribution in [0.25, 0.3) is 0 Å². The van der Waals surface area contributed by atoms with E-state index in [1.165, 1.54) is 50.6 Å². The summed E-state index contributed by atoms with van der Waals surface area (Å²) in [6.07, 6.45) is 9.62. The molecule has 2 saturated carbocycles. The summed E-state index contributed by atoms with van der Waals surface area (Å²) in [6.45, 7) is 0.995. The summed E-state index contributed by atoms with van der Waals surface area (Å²) in [6, 6.07) is 2.21. The minimum Gasteiger partial charge on any atom is -0.249 e. The van der Waals surface area contributed by atoms with E-state index in [0.717, 1.165) is 18.2 Å². The summed E-state index contributed by atoms with van der Waals surface area (Å²) in [5.74, 6) is 1.52. The third-order valence-corrected chi connectivity index (χ3v) is 4.56. The highest BCUT2D eigenvalue weighted by Gasteiger charge is 2.28. The van der Waals surface area contributed by atoms with Crippen molar-refractivity contribution in [1.29, 1.82) is 5.26 Å². The molecule has 3 rings (SSSR count). The van der Waals surface area contributed by atoms with Gasteiger partial charge >= 0.3 is 0 Å². The first kappa shape index (κ1) is 11.7. The van der Waals surface area contributed by atoms with Gasteiger partial charge in [0.05, 0.1) is 18.2 Å². The predicted octanol–water partition coefficient (Wildman–Crippen LogP) is 2.80. The van der Waals surface area contributed by atoms with Crippen LogP contribution in [-0.4, -0.2) is 15.0 Å². The van der Waals surface area contributed by atoms with Crippen LogP contribution in [0.5, 0.6) is 0 Å². The third kappa shape index (κ3) is 2.14. The lowest BCUT2D eigenvalue weighted by molar-refractivity contribution is 0.271. The van der Waals surface area contributed by atoms with Crippen LogP contribution in [0.1, 0.15) is 62.3 Å². The topological polar surface area (TPSA) is 54.5 Å². The summed E-state index contributed by atoms with van der Waals surface area (Å²) in [5.41, 5.74) is 2.19. The maximum absolute atomic E-state index is 8.86. The van der Waals surface area contributed by atoms with Crippen LogP contribution >= 0.6 is 0 Å². The second kappa shape index (κ2) is 5.09. The zero-order valence-corrected chi connectivity index (χ0v) is 10.8. The molecule has 96 valence electrons. The van der Waals surface area contributed by atoms with Crippen molar-refractivity contribution in [2.75, 3.05) is 0 Å². The maximum atomic E-state index is 8.86. The summed E-state index contributed by atoms with van der Waals surface area (Å²) in [4.78, 5) is 0. The summed E-state index contributed by atoms with van der Waals surface area (Å²) < 4.78 is 2.09. The number of hydrogen-bond donors (Lipinski definition) is 0. The molecule has 0 aromatic carbocycles. The van der Waals surface area contributed by atoms with Crippen LogP contribution in [0.15, 0.2) is 0 Å². The highest BCUT2D eigenvalue weighted by Crippen LogP contribution is 2.38. The van der Waals surface area contributed by atoms with Crippen LogP contribution in [0.2, 0.25) is 0 Å². The maximum Gasteiger partial charge on any atom is 0.100 e. The highest BCUT2D eigenvalue weighted by atomic mass is 15.4. The summed E-state index contributed by atoms with van der Waals surface area (Å²) in [5, 5.41) is 17.4. The minimum atomic E-state index is 0.412. The van der Waals surface area contributed by atoms with E-state index in [4.69, 9.17) is 5.26 Å². The standard InChI is InChI=1S/C14H20N4/c15-9-7-13-14(12-5-2-6-12)18(17-16-13)10-8-11-3-1-4-11/h11-12H,1-8,10H2. The minimum absolute atomic E-state index is 0.412. The van der Waals surface area contributed by atoms with E-state index in [9.17, 15) is 0 Å². The zero-order chi connectivity index (χ0) is 12.4. The normalized spacial score (nSPS) is 20.2. The molecule has 1 aromatic rings. The first-order chi connectivity index (χ1) is 8.88. The molecule has 1 heterocycles. The number of aryl methyl sites for hydroxylation is 1. The van der Waals surface area contributed by atoms with Crippen molar-refractivity contribution in [2.24, 2.45) is 5.92 Å². The number of hydrogen-bond acceptors (Lipinski definition) is 3. The molecule has 2 fully saturated rings. The molecule has 0 atom stereocenters. The molecule has 0 saturated heterocycles. The molecule has 0 amide bonds. The van der Waals surface area contributed by atoms with Crippen LogP contribution in [0.4, 0.5) is 0 Å². The van der Waals surface area contributed by atoms with Crippen LogP contribution in [0, 0.1) is 17.2 Å². The van der Waals surface area contributed by atoms with Crippen molar-refractivity contribution in [3.05, 3.63) is 11.4 Å². The van der Waals surface area contributed by atoms with E-state index >= 15 is 0 Å². The van der Waals surface area contributed by atoms with Crippen molar-refractivity contribution in [1.82, 2.24) is 15.0 Å². The van der Waals surface area contributed by atoms with E-state index in [0.29, 0.717) is 12.3 Å². The van der Waals surface area contributed by atoms with E-state index in [1.807, 2.05) is 0 Å². The molecular formula is C14H20N4. The monoisotopic (exact) mass is 244 g/mol. The first-order valence-electron chi connectivity index (χ1n) is 7.17. The zero-order valence-electron chi connectivity index (χ0n) is 10.8. The molecule has 1 aromatic heterocycles. The van der Waals surface area contributed by atoms with Crippen molar-refractivity contribution in [3.63, 3.8) is 0 Å². The Balaban J connectivity index is 1.72. The largest absolute Gasteiger partial charge is 0.249 e. The average molecular weight is 244 g/mol. The molecule has 2 aliphatic rings. The lowest BCUT2D eigenvalue weighted by atomic mass is 9.81. The Morgan fingerprint density at radius 1 is 1.22 bits per heavy atom. The third-order valence-electron chi connectivity index (χ3n) is 4.56. The number of aromatic nitrogens is 3. The van der Waals surface area contributed by atoms with Crippen molar-refractivity contribution in [3.8, 4) is 6.07 Å². The molecule has 0 aliphatic heterocycles. The fourth-order valence-corrected chi connectivity index (χ4v) is 2.94. The van der Waals surface area contributed by atoms with Gasteiger partial charge in [-0.25, -0.2) is 4.68 Å². The van der Waals surface area contributed by atoms with Crippen LogP contribution in [0.3, 0.4) is 0 Å². The second-order valence-corrected chi connectivity index (χ2v) is 5.69. The fourth-order valence-electron chi connectivity index (χ4n) is 2.94. The van der Waals surface area contributed by atoms with Gasteiger partial charge < -0.3 is 0 Å². The molecule has 18 heavy (non-hydrogen) atoms. The Hall–Kier alpha value is -1.37. The van der Waals surface area contributed by atoms with Gasteiger partial charge in [0.1, 0.15) is 5.69 Å². The molecule has 4 heteroatoms. The van der Waals surface area contributed by atoms with E-state index in [2.05, 4.69) is 21.1 Å². The van der Waals surface area contributed by atoms with Gasteiger partial charge in [-0.15, -0.1) is 5.10 Å². The predicted molar refractivity (Wildman–Crippen MR) is 67.9 cm³/mol. The quantitative estimate of drug-likeness (QED) is 0.800. The van der Waals surface area contributed by atoms with Crippen molar-refractivity contribution >= 4 is 0 Å². The Bertz CT molecular complexity index is 449. The first-order valence-corrected chi connectivity index (χ1v) is 7.17. The molecule has 2 aliphatic carbocycles. The second-order valence-electron chi connectivity index (χ2n) is 5.69. The SMILES string of the molecule is N#CCc1nnn(CCC2CCC2)c1C1CCC1. The van der Waals surface area contributed by atoms with Crippen molar-refractivity contribution in [2.45, 2.75) is 63.8 Å². The lowest BCUT2D eigenvalue weighted by Crippen LogP contribution is -2.19. The van der Waals surface area contributed by atoms with Crippen LogP contribution in [-0.2, 0) is 13.0 Å². The molecule has 0 N–H and O–H groups in total. The van der Waals surface area contributed by atoms with Gasteiger partial charge in [0, 0.05) is 12.5 Å². The average Bonchev–Trinajstić information content (AvgIpc) is 2.59. The Morgan fingerprint density at radius 2 is 2.00 bits per heavy atom. The molecular weight excluding hydrogens is 224 g/mol. The van der Waals surface area contributed by atoms with Gasteiger partial charge in [0.2, 0.25) is 0 Å².